The van der Waals surface area contributed by atoms with Crippen molar-refractivity contribution in [3.8, 4) is 34.6 Å². The minimum Gasteiger partial charge on any atom is -0.461 e. The van der Waals surface area contributed by atoms with Gasteiger partial charge in [-0.25, -0.2) is 32.1 Å². The van der Waals surface area contributed by atoms with Crippen molar-refractivity contribution in [2.75, 3.05) is 56.6 Å². The Hall–Kier alpha value is -7.91. The lowest BCUT2D eigenvalue weighted by atomic mass is 9.81. The van der Waals surface area contributed by atoms with Crippen LogP contribution in [0.5, 0.6) is 6.01 Å². The molecule has 13 rings (SSSR count). The number of fused-ring (bicyclic) bond motifs is 8. The molecule has 0 unspecified atom stereocenters. The number of piperazine rings is 1. The van der Waals surface area contributed by atoms with Crippen LogP contribution in [0.4, 0.5) is 33.2 Å². The third-order valence-electron chi connectivity index (χ3n) is 17.8. The fourth-order valence-corrected chi connectivity index (χ4v) is 14.9. The summed E-state index contributed by atoms with van der Waals surface area (Å²) in [5.74, 6) is -3.15. The van der Waals surface area contributed by atoms with E-state index in [0.29, 0.717) is 70.4 Å². The number of nitriles is 1. The summed E-state index contributed by atoms with van der Waals surface area (Å²) in [7, 11) is 0. The summed E-state index contributed by atoms with van der Waals surface area (Å²) in [6.45, 7) is 9.72. The van der Waals surface area contributed by atoms with Gasteiger partial charge in [-0.2, -0.15) is 15.2 Å². The molecule has 5 atom stereocenters. The van der Waals surface area contributed by atoms with Crippen LogP contribution in [0, 0.1) is 35.7 Å². The third-order valence-corrected chi connectivity index (χ3v) is 19.1. The second-order valence-corrected chi connectivity index (χ2v) is 23.9. The van der Waals surface area contributed by atoms with E-state index in [-0.39, 0.29) is 135 Å². The maximum Gasteiger partial charge on any atom is 0.407 e. The smallest absolute Gasteiger partial charge is 0.407 e. The number of alkyl halides is 1. The van der Waals surface area contributed by atoms with Crippen molar-refractivity contribution in [3.05, 3.63) is 114 Å². The highest BCUT2D eigenvalue weighted by molar-refractivity contribution is 7.23. The first-order chi connectivity index (χ1) is 39.7. The number of aliphatic hydroxyl groups is 1. The van der Waals surface area contributed by atoms with Crippen molar-refractivity contribution in [2.45, 2.75) is 102 Å². The number of halogens is 5. The third kappa shape index (κ3) is 8.40. The standard InChI is InChI=1S/C59H53ClF4N10O8S/c1-5-59(79)36-16-42-48-34(22-74(42)54(76)35(36)24-80-55(59)77)46-40(10-8-30-28(4)39(63)17-41(67-48)45(30)46)68-57(78)81-23-26(2)53(75)71-13-14-73(27(3)20-71)52-32-15-37(60)44(31-7-9-38(62)50-43(31)33(19-65)51(66)83-50)47(64)49(32)69-56(70-52)82-25-58-11-6-12-72(58)21-29(61)18-58/h7,9,15-17,27,29,40,79H,2,5-6,8,10-14,18,20-25,66H2,1,3-4H3,(H,68,78)/t27-,29+,40-,58-,59-/m0/s1. The Morgan fingerprint density at radius 1 is 1.07 bits per heavy atom. The van der Waals surface area contributed by atoms with Crippen LogP contribution in [0.3, 0.4) is 0 Å². The van der Waals surface area contributed by atoms with Gasteiger partial charge >= 0.3 is 18.1 Å². The number of cyclic esters (lactones) is 1. The first-order valence-corrected chi connectivity index (χ1v) is 28.5. The van der Waals surface area contributed by atoms with Gasteiger partial charge in [-0.05, 0) is 92.9 Å². The molecule has 6 aliphatic rings. The molecule has 3 aromatic carbocycles. The number of ether oxygens (including phenoxy) is 3. The number of anilines is 2. The van der Waals surface area contributed by atoms with Gasteiger partial charge in [-0.1, -0.05) is 31.2 Å². The van der Waals surface area contributed by atoms with E-state index in [4.69, 9.17) is 41.5 Å². The average Bonchev–Trinajstić information content (AvgIpc) is 2.17. The number of rotatable bonds is 10. The van der Waals surface area contributed by atoms with Gasteiger partial charge in [-0.15, -0.1) is 11.3 Å². The molecule has 1 aliphatic carbocycles. The molecule has 2 amide bonds. The van der Waals surface area contributed by atoms with E-state index >= 15 is 13.2 Å². The number of nitrogens with two attached hydrogens (primary N) is 1. The molecular formula is C59H53ClF4N10O8S. The number of nitrogen functional groups attached to an aromatic ring is 1. The first-order valence-electron chi connectivity index (χ1n) is 27.3. The van der Waals surface area contributed by atoms with Crippen LogP contribution in [0.2, 0.25) is 5.02 Å². The van der Waals surface area contributed by atoms with Crippen molar-refractivity contribution in [1.82, 2.24) is 34.6 Å². The molecule has 5 aliphatic heterocycles. The number of esters is 1. The fraction of sp³-hybridized carbons (Fsp3) is 0.390. The van der Waals surface area contributed by atoms with E-state index in [1.165, 1.54) is 22.8 Å². The molecule has 428 valence electrons. The van der Waals surface area contributed by atoms with Crippen LogP contribution in [-0.2, 0) is 44.2 Å². The predicted molar refractivity (Wildman–Crippen MR) is 300 cm³/mol. The largest absolute Gasteiger partial charge is 0.461 e. The van der Waals surface area contributed by atoms with Gasteiger partial charge in [0.15, 0.2) is 11.4 Å². The Morgan fingerprint density at radius 3 is 2.65 bits per heavy atom. The maximum atomic E-state index is 17.5. The lowest BCUT2D eigenvalue weighted by Gasteiger charge is -2.41. The molecule has 0 saturated carbocycles. The number of nitrogens with one attached hydrogen (secondary N) is 1. The zero-order valence-corrected chi connectivity index (χ0v) is 46.8. The van der Waals surface area contributed by atoms with Gasteiger partial charge in [0.25, 0.3) is 11.5 Å². The minimum absolute atomic E-state index is 0.0262. The Balaban J connectivity index is 0.749. The van der Waals surface area contributed by atoms with E-state index in [1.807, 2.05) is 17.9 Å². The maximum absolute atomic E-state index is 17.5. The molecule has 3 saturated heterocycles. The molecule has 9 heterocycles. The van der Waals surface area contributed by atoms with Crippen LogP contribution in [-0.4, -0.2) is 116 Å². The summed E-state index contributed by atoms with van der Waals surface area (Å²) in [6, 6.07) is 7.50. The number of nitrogens with zero attached hydrogens (tertiary/aromatic N) is 8. The number of benzene rings is 3. The molecule has 18 nitrogen and oxygen atoms in total. The summed E-state index contributed by atoms with van der Waals surface area (Å²) in [6.07, 6.45) is 0.514. The lowest BCUT2D eigenvalue weighted by molar-refractivity contribution is -0.172. The first kappa shape index (κ1) is 54.3. The zero-order valence-electron chi connectivity index (χ0n) is 45.2. The molecule has 3 fully saturated rings. The van der Waals surface area contributed by atoms with Gasteiger partial charge in [0.2, 0.25) is 0 Å². The quantitative estimate of drug-likeness (QED) is 0.0660. The highest BCUT2D eigenvalue weighted by Gasteiger charge is 2.50. The van der Waals surface area contributed by atoms with Gasteiger partial charge in [0.05, 0.1) is 55.9 Å². The second-order valence-electron chi connectivity index (χ2n) is 22.4. The van der Waals surface area contributed by atoms with E-state index < -0.39 is 77.0 Å². The van der Waals surface area contributed by atoms with Crippen molar-refractivity contribution in [1.29, 1.82) is 5.26 Å². The summed E-state index contributed by atoms with van der Waals surface area (Å²) < 4.78 is 81.9. The van der Waals surface area contributed by atoms with Crippen LogP contribution in [0.15, 0.2) is 47.3 Å². The number of aryl methyl sites for hydroxylation is 1. The number of aromatic nitrogens is 4. The van der Waals surface area contributed by atoms with Gasteiger partial charge in [-0.3, -0.25) is 14.5 Å². The highest BCUT2D eigenvalue weighted by Crippen LogP contribution is 2.49. The van der Waals surface area contributed by atoms with Crippen molar-refractivity contribution < 1.29 is 51.3 Å². The predicted octanol–water partition coefficient (Wildman–Crippen LogP) is 8.70. The normalized spacial score (nSPS) is 22.6. The molecule has 24 heteroatoms. The van der Waals surface area contributed by atoms with Crippen molar-refractivity contribution in [3.63, 3.8) is 0 Å². The SMILES string of the molecule is C=C(COC(=O)N[C@H]1CCc2c(C)c(F)cc3nc4c(c1c23)Cn1c-4cc2c(c1=O)COC(=O)[C@]2(O)CC)C(=O)N1CCN(c2nc(OC[C@@]34CCCN3C[C@H](F)C4)nc3c(F)c(-c4ccc(F)c5sc(N)c(C#N)c45)c(Cl)cc23)[C@@H](C)C1. The van der Waals surface area contributed by atoms with E-state index in [2.05, 4.69) is 21.8 Å². The number of pyridine rings is 2. The fourth-order valence-electron chi connectivity index (χ4n) is 13.6. The van der Waals surface area contributed by atoms with Crippen molar-refractivity contribution in [2.24, 2.45) is 0 Å². The molecule has 4 aromatic heterocycles. The zero-order chi connectivity index (χ0) is 58.3. The number of carbonyl (C=O) groups is 3. The van der Waals surface area contributed by atoms with Gasteiger partial charge in [0.1, 0.15) is 60.0 Å². The number of alkyl carbamates (subject to hydrolysis) is 1. The molecule has 0 spiro atoms. The number of carbonyl (C=O) groups excluding carboxylic acids is 3. The lowest BCUT2D eigenvalue weighted by Crippen LogP contribution is -2.54. The topological polar surface area (TPSA) is 231 Å². The number of hydrogen-bond acceptors (Lipinski definition) is 16. The van der Waals surface area contributed by atoms with Gasteiger partial charge < -0.3 is 44.7 Å². The van der Waals surface area contributed by atoms with Crippen LogP contribution in [0.1, 0.15) is 90.9 Å². The molecule has 0 radical (unpaired) electrons. The number of hydrogen-bond donors (Lipinski definition) is 3. The molecule has 7 aromatic rings. The number of thiophene rings is 1. The highest BCUT2D eigenvalue weighted by atomic mass is 35.5. The van der Waals surface area contributed by atoms with Crippen molar-refractivity contribution >= 4 is 83.6 Å². The van der Waals surface area contributed by atoms with E-state index in [9.17, 15) is 33.9 Å². The van der Waals surface area contributed by atoms with Crippen LogP contribution < -0.4 is 26.2 Å². The molecular weight excluding hydrogens is 1120 g/mol. The Morgan fingerprint density at radius 2 is 1.88 bits per heavy atom. The monoisotopic (exact) mass is 1170 g/mol. The summed E-state index contributed by atoms with van der Waals surface area (Å²) in [4.78, 5) is 74.8. The average molecular weight is 1170 g/mol. The van der Waals surface area contributed by atoms with E-state index in [1.54, 1.807) is 24.8 Å². The summed E-state index contributed by atoms with van der Waals surface area (Å²) in [5, 5.41) is 25.4. The second kappa shape index (κ2) is 19.9. The molecule has 0 bridgehead atoms. The minimum atomic E-state index is -2.07. The van der Waals surface area contributed by atoms with Crippen LogP contribution in [0.25, 0.3) is 54.4 Å². The Labute approximate surface area is 480 Å². The number of amides is 2. The molecule has 83 heavy (non-hydrogen) atoms. The molecule has 4 N–H and O–H groups in total. The Bertz CT molecular complexity index is 4170. The summed E-state index contributed by atoms with van der Waals surface area (Å²) >= 11 is 7.85. The summed E-state index contributed by atoms with van der Waals surface area (Å²) in [5.41, 5.74) is 6.27. The van der Waals surface area contributed by atoms with Crippen LogP contribution >= 0.6 is 22.9 Å². The van der Waals surface area contributed by atoms with Gasteiger partial charge in [0, 0.05) is 83.1 Å². The van der Waals surface area contributed by atoms with E-state index in [0.717, 1.165) is 23.8 Å². The Kier molecular flexibility index (Phi) is 13.0.